The Morgan fingerprint density at radius 3 is 2.29 bits per heavy atom. The first-order valence-corrected chi connectivity index (χ1v) is 6.21. The quantitative estimate of drug-likeness (QED) is 0.821. The highest BCUT2D eigenvalue weighted by atomic mass is 16.2. The fraction of sp³-hybridized carbons (Fsp3) is 0.500. The Morgan fingerprint density at radius 2 is 1.82 bits per heavy atom. The number of hydrogen-bond donors (Lipinski definition) is 2. The molecule has 94 valence electrons. The van der Waals surface area contributed by atoms with Gasteiger partial charge >= 0.3 is 0 Å². The molecule has 1 rings (SSSR count). The third-order valence-corrected chi connectivity index (χ3v) is 2.98. The van der Waals surface area contributed by atoms with Gasteiger partial charge in [-0.05, 0) is 25.3 Å². The van der Waals surface area contributed by atoms with Gasteiger partial charge in [0.2, 0.25) is 5.91 Å². The number of aryl methyl sites for hydroxylation is 1. The van der Waals surface area contributed by atoms with Crippen LogP contribution in [-0.4, -0.2) is 11.9 Å². The van der Waals surface area contributed by atoms with E-state index in [4.69, 9.17) is 5.73 Å². The summed E-state index contributed by atoms with van der Waals surface area (Å²) in [5.74, 6) is -0.0695. The lowest BCUT2D eigenvalue weighted by Crippen LogP contribution is -2.41. The highest BCUT2D eigenvalue weighted by Gasteiger charge is 2.16. The van der Waals surface area contributed by atoms with Crippen LogP contribution in [0.15, 0.2) is 24.3 Å². The van der Waals surface area contributed by atoms with Gasteiger partial charge in [-0.1, -0.05) is 43.7 Å². The Bertz CT molecular complexity index is 359. The van der Waals surface area contributed by atoms with Crippen LogP contribution in [-0.2, 0) is 4.79 Å². The second-order valence-electron chi connectivity index (χ2n) is 4.39. The number of hydrogen-bond acceptors (Lipinski definition) is 2. The standard InChI is InChI=1S/C14H22N2O/c1-4-12(15)14(17)16-13(5-2)11-8-6-10(3)7-9-11/h6-9,12-13H,4-5,15H2,1-3H3,(H,16,17)/t12-,13+/m0/s1. The van der Waals surface area contributed by atoms with Crippen LogP contribution in [0.4, 0.5) is 0 Å². The molecule has 0 heterocycles. The molecule has 0 saturated carbocycles. The van der Waals surface area contributed by atoms with Gasteiger partial charge in [0.25, 0.3) is 0 Å². The van der Waals surface area contributed by atoms with Crippen molar-refractivity contribution in [3.8, 4) is 0 Å². The first kappa shape index (κ1) is 13.7. The number of carbonyl (C=O) groups excluding carboxylic acids is 1. The molecule has 0 aromatic heterocycles. The van der Waals surface area contributed by atoms with Crippen molar-refractivity contribution >= 4 is 5.91 Å². The zero-order valence-electron chi connectivity index (χ0n) is 10.9. The lowest BCUT2D eigenvalue weighted by molar-refractivity contribution is -0.123. The Balaban J connectivity index is 2.72. The summed E-state index contributed by atoms with van der Waals surface area (Å²) < 4.78 is 0. The van der Waals surface area contributed by atoms with Crippen LogP contribution in [0.25, 0.3) is 0 Å². The van der Waals surface area contributed by atoms with Gasteiger partial charge in [-0.2, -0.15) is 0 Å². The summed E-state index contributed by atoms with van der Waals surface area (Å²) in [6.45, 7) is 6.02. The maximum Gasteiger partial charge on any atom is 0.237 e. The Hall–Kier alpha value is -1.35. The van der Waals surface area contributed by atoms with Crippen LogP contribution in [0, 0.1) is 6.92 Å². The van der Waals surface area contributed by atoms with Crippen LogP contribution >= 0.6 is 0 Å². The number of rotatable bonds is 5. The molecule has 0 radical (unpaired) electrons. The van der Waals surface area contributed by atoms with E-state index in [9.17, 15) is 4.79 Å². The minimum absolute atomic E-state index is 0.0562. The van der Waals surface area contributed by atoms with Crippen molar-refractivity contribution in [1.29, 1.82) is 0 Å². The number of amides is 1. The summed E-state index contributed by atoms with van der Waals surface area (Å²) in [5.41, 5.74) is 8.07. The summed E-state index contributed by atoms with van der Waals surface area (Å²) in [6.07, 6.45) is 1.53. The second kappa shape index (κ2) is 6.40. The van der Waals surface area contributed by atoms with Crippen molar-refractivity contribution in [2.75, 3.05) is 0 Å². The van der Waals surface area contributed by atoms with E-state index in [1.165, 1.54) is 5.56 Å². The van der Waals surface area contributed by atoms with Gasteiger partial charge in [-0.15, -0.1) is 0 Å². The molecule has 0 spiro atoms. The van der Waals surface area contributed by atoms with Crippen LogP contribution in [0.5, 0.6) is 0 Å². The second-order valence-corrected chi connectivity index (χ2v) is 4.39. The minimum atomic E-state index is -0.408. The van der Waals surface area contributed by atoms with E-state index in [2.05, 4.69) is 43.4 Å². The van der Waals surface area contributed by atoms with Gasteiger partial charge in [-0.25, -0.2) is 0 Å². The fourth-order valence-electron chi connectivity index (χ4n) is 1.68. The molecule has 17 heavy (non-hydrogen) atoms. The maximum absolute atomic E-state index is 11.7. The van der Waals surface area contributed by atoms with Gasteiger partial charge in [0.1, 0.15) is 0 Å². The Labute approximate surface area is 103 Å². The molecule has 1 aromatic carbocycles. The van der Waals surface area contributed by atoms with E-state index in [0.717, 1.165) is 12.0 Å². The normalized spacial score (nSPS) is 14.1. The SMILES string of the molecule is CC[C@H](N)C(=O)N[C@H](CC)c1ccc(C)cc1. The number of benzene rings is 1. The predicted molar refractivity (Wildman–Crippen MR) is 70.6 cm³/mol. The van der Waals surface area contributed by atoms with Gasteiger partial charge in [0.15, 0.2) is 0 Å². The minimum Gasteiger partial charge on any atom is -0.348 e. The number of nitrogens with two attached hydrogens (primary N) is 1. The molecule has 0 fully saturated rings. The van der Waals surface area contributed by atoms with Crippen molar-refractivity contribution in [1.82, 2.24) is 5.32 Å². The molecule has 0 aliphatic rings. The van der Waals surface area contributed by atoms with Crippen LogP contribution in [0.3, 0.4) is 0 Å². The molecule has 3 heteroatoms. The molecule has 2 atom stereocenters. The molecule has 1 aromatic rings. The number of nitrogens with one attached hydrogen (secondary N) is 1. The third kappa shape index (κ3) is 3.86. The first-order chi connectivity index (χ1) is 8.08. The molecule has 3 nitrogen and oxygen atoms in total. The van der Waals surface area contributed by atoms with Crippen molar-refractivity contribution in [2.24, 2.45) is 5.73 Å². The molecular formula is C14H22N2O. The fourth-order valence-corrected chi connectivity index (χ4v) is 1.68. The molecule has 0 saturated heterocycles. The maximum atomic E-state index is 11.7. The van der Waals surface area contributed by atoms with Gasteiger partial charge in [0, 0.05) is 0 Å². The highest BCUT2D eigenvalue weighted by Crippen LogP contribution is 2.17. The Morgan fingerprint density at radius 1 is 1.24 bits per heavy atom. The van der Waals surface area contributed by atoms with Gasteiger partial charge < -0.3 is 11.1 Å². The zero-order valence-corrected chi connectivity index (χ0v) is 10.9. The summed E-state index contributed by atoms with van der Waals surface area (Å²) in [5, 5.41) is 2.99. The van der Waals surface area contributed by atoms with Gasteiger partial charge in [-0.3, -0.25) is 4.79 Å². The Kier molecular flexibility index (Phi) is 5.16. The van der Waals surface area contributed by atoms with Crippen molar-refractivity contribution < 1.29 is 4.79 Å². The molecule has 1 amide bonds. The van der Waals surface area contributed by atoms with Crippen LogP contribution in [0.1, 0.15) is 43.9 Å². The highest BCUT2D eigenvalue weighted by molar-refractivity contribution is 5.81. The molecule has 0 bridgehead atoms. The largest absolute Gasteiger partial charge is 0.348 e. The zero-order chi connectivity index (χ0) is 12.8. The van der Waals surface area contributed by atoms with E-state index < -0.39 is 6.04 Å². The van der Waals surface area contributed by atoms with Crippen molar-refractivity contribution in [2.45, 2.75) is 45.7 Å². The summed E-state index contributed by atoms with van der Waals surface area (Å²) in [6, 6.07) is 7.88. The summed E-state index contributed by atoms with van der Waals surface area (Å²) >= 11 is 0. The lowest BCUT2D eigenvalue weighted by atomic mass is 10.0. The topological polar surface area (TPSA) is 55.1 Å². The predicted octanol–water partition coefficient (Wildman–Crippen LogP) is 2.30. The number of carbonyl (C=O) groups is 1. The van der Waals surface area contributed by atoms with E-state index >= 15 is 0 Å². The van der Waals surface area contributed by atoms with E-state index in [0.29, 0.717) is 6.42 Å². The summed E-state index contributed by atoms with van der Waals surface area (Å²) in [4.78, 5) is 11.7. The molecular weight excluding hydrogens is 212 g/mol. The molecule has 0 aliphatic heterocycles. The van der Waals surface area contributed by atoms with Crippen LogP contribution < -0.4 is 11.1 Å². The average Bonchev–Trinajstić information content (AvgIpc) is 2.35. The van der Waals surface area contributed by atoms with Crippen LogP contribution in [0.2, 0.25) is 0 Å². The average molecular weight is 234 g/mol. The van der Waals surface area contributed by atoms with E-state index in [-0.39, 0.29) is 11.9 Å². The monoisotopic (exact) mass is 234 g/mol. The van der Waals surface area contributed by atoms with Crippen molar-refractivity contribution in [3.63, 3.8) is 0 Å². The van der Waals surface area contributed by atoms with E-state index in [1.807, 2.05) is 6.92 Å². The van der Waals surface area contributed by atoms with E-state index in [1.54, 1.807) is 0 Å². The molecule has 3 N–H and O–H groups in total. The molecule has 0 aliphatic carbocycles. The summed E-state index contributed by atoms with van der Waals surface area (Å²) in [7, 11) is 0. The third-order valence-electron chi connectivity index (χ3n) is 2.98. The van der Waals surface area contributed by atoms with Gasteiger partial charge in [0.05, 0.1) is 12.1 Å². The molecule has 0 unspecified atom stereocenters. The smallest absolute Gasteiger partial charge is 0.237 e. The first-order valence-electron chi connectivity index (χ1n) is 6.21. The lowest BCUT2D eigenvalue weighted by Gasteiger charge is -2.19. The van der Waals surface area contributed by atoms with Crippen molar-refractivity contribution in [3.05, 3.63) is 35.4 Å².